The highest BCUT2D eigenvalue weighted by Crippen LogP contribution is 2.49. The summed E-state index contributed by atoms with van der Waals surface area (Å²) < 4.78 is 6.71. The predicted molar refractivity (Wildman–Crippen MR) is 122 cm³/mol. The molecule has 2 aliphatic heterocycles. The van der Waals surface area contributed by atoms with Gasteiger partial charge in [-0.15, -0.1) is 0 Å². The van der Waals surface area contributed by atoms with Gasteiger partial charge in [-0.1, -0.05) is 90.0 Å². The van der Waals surface area contributed by atoms with E-state index in [4.69, 9.17) is 4.74 Å². The van der Waals surface area contributed by atoms with Gasteiger partial charge < -0.3 is 9.64 Å². The van der Waals surface area contributed by atoms with E-state index in [1.807, 2.05) is 23.1 Å². The Morgan fingerprint density at radius 2 is 1.42 bits per heavy atom. The van der Waals surface area contributed by atoms with Crippen LogP contribution in [-0.4, -0.2) is 17.4 Å². The number of rotatable bonds is 4. The van der Waals surface area contributed by atoms with Crippen LogP contribution in [0.3, 0.4) is 0 Å². The molecule has 0 unspecified atom stereocenters. The molecule has 0 bridgehead atoms. The lowest BCUT2D eigenvalue weighted by molar-refractivity contribution is -0.128. The Bertz CT molecular complexity index is 1080. The molecule has 2 heterocycles. The van der Waals surface area contributed by atoms with Crippen LogP contribution in [0.4, 0.5) is 0 Å². The molecule has 156 valence electrons. The lowest BCUT2D eigenvalue weighted by atomic mass is 9.81. The van der Waals surface area contributed by atoms with Crippen molar-refractivity contribution in [2.45, 2.75) is 38.8 Å². The average molecular weight is 410 g/mol. The average Bonchev–Trinajstić information content (AvgIpc) is 3.19. The summed E-state index contributed by atoms with van der Waals surface area (Å²) in [5.74, 6) is 0.960. The minimum absolute atomic E-state index is 0.103. The molecule has 0 radical (unpaired) electrons. The highest BCUT2D eigenvalue weighted by Gasteiger charge is 2.48. The largest absolute Gasteiger partial charge is 0.481 e. The molecule has 31 heavy (non-hydrogen) atoms. The third-order valence-corrected chi connectivity index (χ3v) is 6.47. The van der Waals surface area contributed by atoms with E-state index in [0.29, 0.717) is 19.5 Å². The Kier molecular flexibility index (Phi) is 4.90. The van der Waals surface area contributed by atoms with E-state index >= 15 is 0 Å². The molecule has 3 aromatic rings. The zero-order valence-electron chi connectivity index (χ0n) is 18.1. The monoisotopic (exact) mass is 409 g/mol. The third-order valence-electron chi connectivity index (χ3n) is 6.47. The Labute approximate surface area is 184 Å². The number of hydrogen-bond donors (Lipinski definition) is 0. The number of hydrogen-bond acceptors (Lipinski definition) is 2. The fraction of sp³-hybridized carbons (Fsp3) is 0.250. The Morgan fingerprint density at radius 3 is 2.00 bits per heavy atom. The first-order valence-electron chi connectivity index (χ1n) is 10.9. The van der Waals surface area contributed by atoms with Gasteiger partial charge in [0.2, 0.25) is 0 Å². The van der Waals surface area contributed by atoms with E-state index in [-0.39, 0.29) is 5.91 Å². The summed E-state index contributed by atoms with van der Waals surface area (Å²) in [6.07, 6.45) is 1.33. The quantitative estimate of drug-likeness (QED) is 0.557. The van der Waals surface area contributed by atoms with Crippen LogP contribution in [0, 0.1) is 13.8 Å². The number of nitrogens with zero attached hydrogens (tertiary/aromatic N) is 1. The van der Waals surface area contributed by atoms with Crippen molar-refractivity contribution in [2.75, 3.05) is 6.54 Å². The maximum absolute atomic E-state index is 13.5. The van der Waals surface area contributed by atoms with Crippen molar-refractivity contribution >= 4 is 5.91 Å². The fourth-order valence-electron chi connectivity index (χ4n) is 4.67. The molecule has 3 nitrogen and oxygen atoms in total. The second-order valence-corrected chi connectivity index (χ2v) is 8.70. The van der Waals surface area contributed by atoms with Crippen molar-refractivity contribution in [2.24, 2.45) is 0 Å². The molecule has 3 heteroatoms. The van der Waals surface area contributed by atoms with Gasteiger partial charge in [0.1, 0.15) is 5.76 Å². The van der Waals surface area contributed by atoms with Crippen molar-refractivity contribution in [3.05, 3.63) is 118 Å². The SMILES string of the molecule is Cc1ccc(C2(c3ccc(C)cc3)CC3=C(CCN(Cc4ccccc4)C3=O)O2)cc1. The molecule has 0 aromatic heterocycles. The highest BCUT2D eigenvalue weighted by atomic mass is 16.5. The van der Waals surface area contributed by atoms with Crippen LogP contribution in [0.1, 0.15) is 40.7 Å². The van der Waals surface area contributed by atoms with Crippen molar-refractivity contribution in [3.8, 4) is 0 Å². The van der Waals surface area contributed by atoms with Crippen LogP contribution in [-0.2, 0) is 21.7 Å². The molecule has 0 saturated heterocycles. The first-order valence-corrected chi connectivity index (χ1v) is 10.9. The molecule has 0 aliphatic carbocycles. The number of aryl methyl sites for hydroxylation is 2. The lowest BCUT2D eigenvalue weighted by Crippen LogP contribution is -2.36. The van der Waals surface area contributed by atoms with Gasteiger partial charge >= 0.3 is 0 Å². The van der Waals surface area contributed by atoms with E-state index in [2.05, 4.69) is 74.5 Å². The maximum Gasteiger partial charge on any atom is 0.253 e. The standard InChI is InChI=1S/C28H27NO2/c1-20-8-12-23(13-9-20)28(24-14-10-21(2)11-15-24)18-25-26(31-28)16-17-29(27(25)30)19-22-6-4-3-5-7-22/h3-15H,16-19H2,1-2H3. The van der Waals surface area contributed by atoms with Crippen molar-refractivity contribution in [1.82, 2.24) is 4.90 Å². The van der Waals surface area contributed by atoms with Gasteiger partial charge in [-0.2, -0.15) is 0 Å². The molecule has 0 N–H and O–H groups in total. The predicted octanol–water partition coefficient (Wildman–Crippen LogP) is 5.65. The van der Waals surface area contributed by atoms with Gasteiger partial charge in [-0.3, -0.25) is 4.79 Å². The van der Waals surface area contributed by atoms with E-state index in [9.17, 15) is 4.79 Å². The van der Waals surface area contributed by atoms with Crippen molar-refractivity contribution < 1.29 is 9.53 Å². The van der Waals surface area contributed by atoms with Crippen LogP contribution in [0.15, 0.2) is 90.2 Å². The van der Waals surface area contributed by atoms with E-state index in [0.717, 1.165) is 34.4 Å². The number of carbonyl (C=O) groups excluding carboxylic acids is 1. The first-order chi connectivity index (χ1) is 15.0. The van der Waals surface area contributed by atoms with Crippen LogP contribution in [0.5, 0.6) is 0 Å². The number of ether oxygens (including phenoxy) is 1. The van der Waals surface area contributed by atoms with Crippen LogP contribution in [0.25, 0.3) is 0 Å². The number of carbonyl (C=O) groups is 1. The Hall–Kier alpha value is -3.33. The van der Waals surface area contributed by atoms with E-state index < -0.39 is 5.60 Å². The van der Waals surface area contributed by atoms with Gasteiger partial charge in [0.05, 0.1) is 5.57 Å². The summed E-state index contributed by atoms with van der Waals surface area (Å²) in [4.78, 5) is 15.4. The topological polar surface area (TPSA) is 29.5 Å². The smallest absolute Gasteiger partial charge is 0.253 e. The molecular formula is C28H27NO2. The van der Waals surface area contributed by atoms with E-state index in [1.165, 1.54) is 11.1 Å². The van der Waals surface area contributed by atoms with Crippen LogP contribution in [0.2, 0.25) is 0 Å². The number of amides is 1. The zero-order chi connectivity index (χ0) is 21.4. The molecule has 0 fully saturated rings. The van der Waals surface area contributed by atoms with Crippen LogP contribution >= 0.6 is 0 Å². The normalized spacial score (nSPS) is 17.5. The molecular weight excluding hydrogens is 382 g/mol. The molecule has 3 aromatic carbocycles. The summed E-state index contributed by atoms with van der Waals surface area (Å²) in [7, 11) is 0. The van der Waals surface area contributed by atoms with Gasteiger partial charge in [-0.05, 0) is 19.4 Å². The number of benzene rings is 3. The van der Waals surface area contributed by atoms with Gasteiger partial charge in [0.25, 0.3) is 5.91 Å². The minimum atomic E-state index is -0.648. The maximum atomic E-state index is 13.5. The van der Waals surface area contributed by atoms with Gasteiger partial charge in [0, 0.05) is 37.1 Å². The molecule has 0 spiro atoms. The Balaban J connectivity index is 1.49. The minimum Gasteiger partial charge on any atom is -0.481 e. The fourth-order valence-corrected chi connectivity index (χ4v) is 4.67. The molecule has 5 rings (SSSR count). The second kappa shape index (κ2) is 7.73. The molecule has 2 aliphatic rings. The zero-order valence-corrected chi connectivity index (χ0v) is 18.1. The van der Waals surface area contributed by atoms with Crippen molar-refractivity contribution in [1.29, 1.82) is 0 Å². The van der Waals surface area contributed by atoms with Crippen molar-refractivity contribution in [3.63, 3.8) is 0 Å². The second-order valence-electron chi connectivity index (χ2n) is 8.70. The Morgan fingerprint density at radius 1 is 0.839 bits per heavy atom. The summed E-state index contributed by atoms with van der Waals surface area (Å²) in [6.45, 7) is 5.50. The molecule has 0 saturated carbocycles. The first kappa shape index (κ1) is 19.6. The molecule has 0 atom stereocenters. The lowest BCUT2D eigenvalue weighted by Gasteiger charge is -2.31. The van der Waals surface area contributed by atoms with Crippen LogP contribution < -0.4 is 0 Å². The highest BCUT2D eigenvalue weighted by molar-refractivity contribution is 5.95. The van der Waals surface area contributed by atoms with Gasteiger partial charge in [-0.25, -0.2) is 0 Å². The molecule has 1 amide bonds. The summed E-state index contributed by atoms with van der Waals surface area (Å²) in [5, 5.41) is 0. The van der Waals surface area contributed by atoms with Gasteiger partial charge in [0.15, 0.2) is 5.60 Å². The van der Waals surface area contributed by atoms with E-state index in [1.54, 1.807) is 0 Å². The summed E-state index contributed by atoms with van der Waals surface area (Å²) in [5.41, 5.74) is 5.94. The summed E-state index contributed by atoms with van der Waals surface area (Å²) in [6, 6.07) is 27.2. The summed E-state index contributed by atoms with van der Waals surface area (Å²) >= 11 is 0. The third kappa shape index (κ3) is 3.54.